The molecule has 0 bridgehead atoms. The molecule has 0 amide bonds. The molecule has 0 saturated heterocycles. The van der Waals surface area contributed by atoms with Gasteiger partial charge in [-0.1, -0.05) is 13.8 Å². The molecule has 0 fully saturated rings. The number of fused-ring (bicyclic) bond motifs is 1. The van der Waals surface area contributed by atoms with Crippen LogP contribution in [0.15, 0.2) is 18.2 Å². The Morgan fingerprint density at radius 2 is 2.20 bits per heavy atom. The zero-order valence-electron chi connectivity index (χ0n) is 12.5. The Balaban J connectivity index is 2.59. The smallest absolute Gasteiger partial charge is 0.326 e. The number of benzene rings is 1. The molecule has 1 aromatic rings. The van der Waals surface area contributed by atoms with Crippen LogP contribution in [0.2, 0.25) is 0 Å². The van der Waals surface area contributed by atoms with E-state index in [0.29, 0.717) is 6.42 Å². The number of nitrogens with zero attached hydrogens (tertiary/aromatic N) is 1. The Labute approximate surface area is 119 Å². The highest BCUT2D eigenvalue weighted by atomic mass is 19.1. The van der Waals surface area contributed by atoms with Crippen LogP contribution in [0.25, 0.3) is 0 Å². The average molecular weight is 279 g/mol. The molecule has 110 valence electrons. The quantitative estimate of drug-likeness (QED) is 0.915. The number of hydrogen-bond acceptors (Lipinski definition) is 2. The normalized spacial score (nSPS) is 22.2. The minimum atomic E-state index is -0.828. The number of hydrogen-bond donors (Lipinski definition) is 1. The number of carboxylic acids is 1. The highest BCUT2D eigenvalue weighted by molar-refractivity contribution is 5.80. The van der Waals surface area contributed by atoms with Crippen molar-refractivity contribution in [1.29, 1.82) is 0 Å². The summed E-state index contributed by atoms with van der Waals surface area (Å²) in [5, 5.41) is 9.49. The van der Waals surface area contributed by atoms with Crippen molar-refractivity contribution in [3.05, 3.63) is 29.6 Å². The SMILES string of the molecule is CCC(C(=O)O)N1c2ccc(F)cc2C(C)CC1(C)C. The molecule has 3 nitrogen and oxygen atoms in total. The van der Waals surface area contributed by atoms with Gasteiger partial charge < -0.3 is 10.0 Å². The predicted octanol–water partition coefficient (Wildman–Crippen LogP) is 3.78. The highest BCUT2D eigenvalue weighted by Crippen LogP contribution is 2.44. The summed E-state index contributed by atoms with van der Waals surface area (Å²) in [7, 11) is 0. The van der Waals surface area contributed by atoms with Crippen molar-refractivity contribution in [2.75, 3.05) is 4.90 Å². The second-order valence-electron chi connectivity index (χ2n) is 6.25. The van der Waals surface area contributed by atoms with E-state index < -0.39 is 12.0 Å². The van der Waals surface area contributed by atoms with E-state index in [-0.39, 0.29) is 17.3 Å². The highest BCUT2D eigenvalue weighted by Gasteiger charge is 2.41. The third-order valence-electron chi connectivity index (χ3n) is 4.22. The molecule has 1 aromatic carbocycles. The molecule has 4 heteroatoms. The second kappa shape index (κ2) is 5.08. The largest absolute Gasteiger partial charge is 0.480 e. The van der Waals surface area contributed by atoms with E-state index in [4.69, 9.17) is 0 Å². The van der Waals surface area contributed by atoms with Crippen LogP contribution in [-0.4, -0.2) is 22.7 Å². The topological polar surface area (TPSA) is 40.5 Å². The first-order chi connectivity index (χ1) is 9.27. The Kier molecular flexibility index (Phi) is 3.76. The monoisotopic (exact) mass is 279 g/mol. The molecule has 20 heavy (non-hydrogen) atoms. The van der Waals surface area contributed by atoms with Crippen molar-refractivity contribution >= 4 is 11.7 Å². The summed E-state index contributed by atoms with van der Waals surface area (Å²) >= 11 is 0. The van der Waals surface area contributed by atoms with Crippen LogP contribution in [0.5, 0.6) is 0 Å². The zero-order chi connectivity index (χ0) is 15.1. The number of anilines is 1. The summed E-state index contributed by atoms with van der Waals surface area (Å²) in [6.45, 7) is 8.05. The first kappa shape index (κ1) is 14.8. The Hall–Kier alpha value is -1.58. The maximum absolute atomic E-state index is 13.5. The van der Waals surface area contributed by atoms with Crippen molar-refractivity contribution in [1.82, 2.24) is 0 Å². The molecule has 2 atom stereocenters. The summed E-state index contributed by atoms with van der Waals surface area (Å²) < 4.78 is 13.5. The summed E-state index contributed by atoms with van der Waals surface area (Å²) in [5.74, 6) is -0.873. The van der Waals surface area contributed by atoms with E-state index in [1.165, 1.54) is 12.1 Å². The Bertz CT molecular complexity index is 527. The summed E-state index contributed by atoms with van der Waals surface area (Å²) in [6.07, 6.45) is 1.33. The fraction of sp³-hybridized carbons (Fsp3) is 0.562. The predicted molar refractivity (Wildman–Crippen MR) is 77.7 cm³/mol. The van der Waals surface area contributed by atoms with Gasteiger partial charge in [0.05, 0.1) is 0 Å². The molecule has 1 N–H and O–H groups in total. The van der Waals surface area contributed by atoms with Gasteiger partial charge in [0.1, 0.15) is 11.9 Å². The first-order valence-electron chi connectivity index (χ1n) is 7.09. The number of rotatable bonds is 3. The minimum Gasteiger partial charge on any atom is -0.480 e. The van der Waals surface area contributed by atoms with Crippen LogP contribution in [0.3, 0.4) is 0 Å². The van der Waals surface area contributed by atoms with E-state index in [2.05, 4.69) is 20.8 Å². The van der Waals surface area contributed by atoms with E-state index >= 15 is 0 Å². The molecule has 0 aliphatic carbocycles. The molecule has 2 rings (SSSR count). The molecule has 0 aromatic heterocycles. The lowest BCUT2D eigenvalue weighted by Gasteiger charge is -2.50. The number of halogens is 1. The van der Waals surface area contributed by atoms with Gasteiger partial charge in [0, 0.05) is 11.2 Å². The van der Waals surface area contributed by atoms with E-state index in [0.717, 1.165) is 17.7 Å². The zero-order valence-corrected chi connectivity index (χ0v) is 12.5. The van der Waals surface area contributed by atoms with Gasteiger partial charge >= 0.3 is 5.97 Å². The summed E-state index contributed by atoms with van der Waals surface area (Å²) in [6, 6.07) is 4.08. The van der Waals surface area contributed by atoms with Crippen LogP contribution in [0.4, 0.5) is 10.1 Å². The Morgan fingerprint density at radius 1 is 1.55 bits per heavy atom. The third-order valence-corrected chi connectivity index (χ3v) is 4.22. The van der Waals surface area contributed by atoms with Gasteiger partial charge in [-0.15, -0.1) is 0 Å². The van der Waals surface area contributed by atoms with Crippen LogP contribution < -0.4 is 4.90 Å². The van der Waals surface area contributed by atoms with Gasteiger partial charge in [0.2, 0.25) is 0 Å². The van der Waals surface area contributed by atoms with Gasteiger partial charge in [-0.25, -0.2) is 9.18 Å². The molecular weight excluding hydrogens is 257 g/mol. The molecule has 1 aliphatic rings. The van der Waals surface area contributed by atoms with Crippen molar-refractivity contribution < 1.29 is 14.3 Å². The lowest BCUT2D eigenvalue weighted by atomic mass is 9.79. The standard InChI is InChI=1S/C16H22FNO2/c1-5-13(15(19)20)18-14-7-6-11(17)8-12(14)10(2)9-16(18,3)4/h6-8,10,13H,5,9H2,1-4H3,(H,19,20). The van der Waals surface area contributed by atoms with Crippen molar-refractivity contribution in [3.8, 4) is 0 Å². The van der Waals surface area contributed by atoms with E-state index in [1.807, 2.05) is 11.8 Å². The molecule has 0 radical (unpaired) electrons. The number of aliphatic carboxylic acids is 1. The van der Waals surface area contributed by atoms with Gasteiger partial charge in [-0.2, -0.15) is 0 Å². The lowest BCUT2D eigenvalue weighted by Crippen LogP contribution is -2.56. The summed E-state index contributed by atoms with van der Waals surface area (Å²) in [4.78, 5) is 13.5. The molecule has 1 aliphatic heterocycles. The first-order valence-corrected chi connectivity index (χ1v) is 7.09. The second-order valence-corrected chi connectivity index (χ2v) is 6.25. The maximum Gasteiger partial charge on any atom is 0.326 e. The van der Waals surface area contributed by atoms with Gasteiger partial charge in [0.15, 0.2) is 0 Å². The molecule has 0 spiro atoms. The van der Waals surface area contributed by atoms with Crippen molar-refractivity contribution in [2.24, 2.45) is 0 Å². The molecule has 1 heterocycles. The minimum absolute atomic E-state index is 0.221. The van der Waals surface area contributed by atoms with Crippen LogP contribution >= 0.6 is 0 Å². The molecular formula is C16H22FNO2. The number of carboxylic acid groups (broad SMARTS) is 1. The lowest BCUT2D eigenvalue weighted by molar-refractivity contribution is -0.139. The van der Waals surface area contributed by atoms with Crippen molar-refractivity contribution in [3.63, 3.8) is 0 Å². The molecule has 2 unspecified atom stereocenters. The maximum atomic E-state index is 13.5. The Morgan fingerprint density at radius 3 is 2.75 bits per heavy atom. The van der Waals surface area contributed by atoms with E-state index in [1.54, 1.807) is 6.07 Å². The molecule has 0 saturated carbocycles. The third kappa shape index (κ3) is 2.39. The number of carbonyl (C=O) groups is 1. The van der Waals surface area contributed by atoms with Gasteiger partial charge in [-0.05, 0) is 56.4 Å². The van der Waals surface area contributed by atoms with Crippen LogP contribution in [0.1, 0.15) is 52.0 Å². The summed E-state index contributed by atoms with van der Waals surface area (Å²) in [5.41, 5.74) is 1.50. The fourth-order valence-corrected chi connectivity index (χ4v) is 3.48. The fourth-order valence-electron chi connectivity index (χ4n) is 3.48. The van der Waals surface area contributed by atoms with Gasteiger partial charge in [0.25, 0.3) is 0 Å². The average Bonchev–Trinajstić information content (AvgIpc) is 2.33. The van der Waals surface area contributed by atoms with Crippen molar-refractivity contribution in [2.45, 2.75) is 58.0 Å². The van der Waals surface area contributed by atoms with E-state index in [9.17, 15) is 14.3 Å². The van der Waals surface area contributed by atoms with Crippen LogP contribution in [0, 0.1) is 5.82 Å². The van der Waals surface area contributed by atoms with Crippen LogP contribution in [-0.2, 0) is 4.79 Å². The van der Waals surface area contributed by atoms with Gasteiger partial charge in [-0.3, -0.25) is 0 Å².